The quantitative estimate of drug-likeness (QED) is 0.0701. The van der Waals surface area contributed by atoms with Crippen LogP contribution in [0.4, 0.5) is 39.5 Å². The van der Waals surface area contributed by atoms with Crippen molar-refractivity contribution in [2.24, 2.45) is 64.1 Å². The van der Waals surface area contributed by atoms with Gasteiger partial charge in [-0.1, -0.05) is 41.8 Å². The second-order valence-electron chi connectivity index (χ2n) is 22.7. The molecule has 74 heavy (non-hydrogen) atoms. The summed E-state index contributed by atoms with van der Waals surface area (Å²) < 4.78 is 156. The molecule has 12 aliphatic heterocycles. The van der Waals surface area contributed by atoms with Crippen LogP contribution in [0, 0.1) is 53.3 Å². The Morgan fingerprint density at radius 3 is 1.18 bits per heavy atom. The number of hydrogen-bond acceptors (Lipinski definition) is 14. The van der Waals surface area contributed by atoms with Crippen molar-refractivity contribution < 1.29 is 97.3 Å². The van der Waals surface area contributed by atoms with Gasteiger partial charge in [0.1, 0.15) is 0 Å². The Morgan fingerprint density at radius 1 is 0.527 bits per heavy atom. The van der Waals surface area contributed by atoms with Crippen molar-refractivity contribution in [2.45, 2.75) is 190 Å². The van der Waals surface area contributed by atoms with Crippen LogP contribution in [0.15, 0.2) is 39.1 Å². The third-order valence-corrected chi connectivity index (χ3v) is 19.0. The molecule has 3 aliphatic carbocycles. The van der Waals surface area contributed by atoms with E-state index < -0.39 is 113 Å². The van der Waals surface area contributed by atoms with Gasteiger partial charge >= 0.3 is 18.5 Å². The molecular formula is C48H62BrF9N4O12. The van der Waals surface area contributed by atoms with E-state index in [-0.39, 0.29) is 58.2 Å². The summed E-state index contributed by atoms with van der Waals surface area (Å²) in [6.07, 6.45) is -9.44. The van der Waals surface area contributed by atoms with E-state index >= 15 is 0 Å². The maximum absolute atomic E-state index is 13.7. The zero-order valence-corrected chi connectivity index (χ0v) is 43.2. The average Bonchev–Trinajstić information content (AvgIpc) is 3.84. The fourth-order valence-corrected chi connectivity index (χ4v) is 15.5. The van der Waals surface area contributed by atoms with E-state index in [1.54, 1.807) is 20.8 Å². The molecular weight excluding hydrogens is 1080 g/mol. The highest BCUT2D eigenvalue weighted by Crippen LogP contribution is 2.65. The number of allylic oxidation sites excluding steroid dienone is 3. The SMILES string of the molecule is C[C@@H]1CC[C@H]2C(CBr)=C(C(F)(F)F)O[C@@H]3O[C@@]4(C)CCC1[C@]32OO4.C[C@@H]1CC[C@H]2C(CN)=C(C(F)(F)F)O[C@@H]3O[C@@]4(C)CCC1[C@]32OO4.C[C@@H]1CC[C@H]2C(CN=[N+]=[N-])=C(C(F)(F)F)O[C@@H]3O[C@@]4(C)CCC1[C@]32OO4. The molecule has 0 radical (unpaired) electrons. The third-order valence-electron chi connectivity index (χ3n) is 18.4. The lowest BCUT2D eigenvalue weighted by molar-refractivity contribution is -0.557. The van der Waals surface area contributed by atoms with Crippen molar-refractivity contribution in [1.29, 1.82) is 0 Å². The van der Waals surface area contributed by atoms with Crippen LogP contribution in [0.2, 0.25) is 0 Å². The Labute approximate surface area is 429 Å². The lowest BCUT2D eigenvalue weighted by Crippen LogP contribution is -2.67. The van der Waals surface area contributed by atoms with Crippen LogP contribution < -0.4 is 5.73 Å². The van der Waals surface area contributed by atoms with Gasteiger partial charge in [0.2, 0.25) is 53.5 Å². The second kappa shape index (κ2) is 18.8. The smallest absolute Gasteiger partial charge is 0.449 e. The molecule has 9 saturated heterocycles. The minimum Gasteiger partial charge on any atom is -0.456 e. The fourth-order valence-electron chi connectivity index (χ4n) is 14.9. The highest BCUT2D eigenvalue weighted by atomic mass is 79.9. The number of hydrogen-bond donors (Lipinski definition) is 1. The minimum absolute atomic E-state index is 0.00177. The number of rotatable bonds is 4. The van der Waals surface area contributed by atoms with Crippen LogP contribution in [-0.2, 0) is 57.7 Å². The monoisotopic (exact) mass is 1140 g/mol. The molecule has 0 aromatic heterocycles. The van der Waals surface area contributed by atoms with Gasteiger partial charge in [-0.3, -0.25) is 0 Å². The summed E-state index contributed by atoms with van der Waals surface area (Å²) in [6.45, 7) is 10.6. The lowest BCUT2D eigenvalue weighted by atomic mass is 9.59. The fraction of sp³-hybridized carbons (Fsp3) is 0.875. The molecule has 3 unspecified atom stereocenters. The molecule has 0 aromatic carbocycles. The Bertz CT molecular complexity index is 2260. The molecule has 416 valence electrons. The van der Waals surface area contributed by atoms with Crippen molar-refractivity contribution in [1.82, 2.24) is 0 Å². The summed E-state index contributed by atoms with van der Waals surface area (Å²) in [5.41, 5.74) is 11.3. The Morgan fingerprint density at radius 2 is 0.851 bits per heavy atom. The summed E-state index contributed by atoms with van der Waals surface area (Å²) in [5, 5.41) is 3.47. The standard InChI is InChI=1S/C16H20BrF3O4.C16H20F3N3O4.C16H22F3NO4/c1-8-3-4-11-9(7-17)12(16(18,19)20)21-13-15(11)10(8)5-6-14(2,22-13)23-24-15;1-8-3-4-11-9(7-21-22-20)12(16(17,18)19)23-13-15(11)10(8)5-6-14(2,24-13)25-26-15;1-8-3-4-11-9(7-20)12(16(17,18)19)21-13-15(11)10(8)5-6-14(2,22-13)23-24-15/h8,10-11,13H,3-7H2,1-2H3;8,10-11,13H,3-7H2,1-2H3;8,10-11,13H,3-7,20H2,1-2H3/t3*8-,10?,11+,13-,14-,15-/m111/s1. The van der Waals surface area contributed by atoms with Gasteiger partial charge in [-0.05, 0) is 119 Å². The number of nitrogens with zero attached hydrogens (tertiary/aromatic N) is 3. The van der Waals surface area contributed by atoms with Crippen LogP contribution in [0.1, 0.15) is 119 Å². The molecule has 6 bridgehead atoms. The highest BCUT2D eigenvalue weighted by molar-refractivity contribution is 9.09. The molecule has 26 heteroatoms. The van der Waals surface area contributed by atoms with Gasteiger partial charge in [0.25, 0.3) is 0 Å². The molecule has 3 spiro atoms. The second-order valence-corrected chi connectivity index (χ2v) is 23.3. The Hall–Kier alpha value is -2.62. The number of halogens is 10. The molecule has 16 nitrogen and oxygen atoms in total. The van der Waals surface area contributed by atoms with Gasteiger partial charge in [0.05, 0.1) is 6.54 Å². The molecule has 12 fully saturated rings. The van der Waals surface area contributed by atoms with Crippen LogP contribution in [0.25, 0.3) is 10.4 Å². The molecule has 3 saturated carbocycles. The van der Waals surface area contributed by atoms with Crippen LogP contribution in [0.3, 0.4) is 0 Å². The third kappa shape index (κ3) is 8.59. The molecule has 15 rings (SSSR count). The van der Waals surface area contributed by atoms with Gasteiger partial charge in [-0.2, -0.15) is 39.5 Å². The van der Waals surface area contributed by atoms with E-state index in [2.05, 4.69) is 46.7 Å². The van der Waals surface area contributed by atoms with Gasteiger partial charge in [-0.25, -0.2) is 29.3 Å². The molecule has 2 N–H and O–H groups in total. The number of fused-ring (bicyclic) bond motifs is 6. The first-order valence-electron chi connectivity index (χ1n) is 25.4. The number of nitrogens with two attached hydrogens (primary N) is 1. The van der Waals surface area contributed by atoms with Crippen LogP contribution >= 0.6 is 15.9 Å². The number of alkyl halides is 10. The van der Waals surface area contributed by atoms with E-state index in [4.69, 9.17) is 69.0 Å². The van der Waals surface area contributed by atoms with Crippen molar-refractivity contribution >= 4 is 15.9 Å². The molecule has 18 atom stereocenters. The molecule has 0 aromatic rings. The first-order chi connectivity index (χ1) is 34.6. The van der Waals surface area contributed by atoms with Gasteiger partial charge in [-0.15, -0.1) is 0 Å². The number of azide groups is 1. The van der Waals surface area contributed by atoms with E-state index in [0.29, 0.717) is 50.9 Å². The van der Waals surface area contributed by atoms with E-state index in [0.717, 1.165) is 32.1 Å². The summed E-state index contributed by atoms with van der Waals surface area (Å²) in [5.74, 6) is -7.20. The maximum Gasteiger partial charge on any atom is 0.449 e. The van der Waals surface area contributed by atoms with E-state index in [1.807, 2.05) is 0 Å². The average molecular weight is 1140 g/mol. The predicted molar refractivity (Wildman–Crippen MR) is 238 cm³/mol. The largest absolute Gasteiger partial charge is 0.456 e. The van der Waals surface area contributed by atoms with E-state index in [1.165, 1.54) is 0 Å². The summed E-state index contributed by atoms with van der Waals surface area (Å²) in [4.78, 5) is 36.6. The Kier molecular flexibility index (Phi) is 13.9. The van der Waals surface area contributed by atoms with Gasteiger partial charge < -0.3 is 34.2 Å². The highest BCUT2D eigenvalue weighted by Gasteiger charge is 2.73. The minimum atomic E-state index is -4.71. The summed E-state index contributed by atoms with van der Waals surface area (Å²) in [6, 6.07) is 0. The van der Waals surface area contributed by atoms with E-state index in [9.17, 15) is 39.5 Å². The zero-order chi connectivity index (χ0) is 53.4. The Balaban J connectivity index is 0.000000127. The summed E-state index contributed by atoms with van der Waals surface area (Å²) >= 11 is 3.22. The van der Waals surface area contributed by atoms with Crippen molar-refractivity contribution in [3.63, 3.8) is 0 Å². The van der Waals surface area contributed by atoms with Crippen molar-refractivity contribution in [2.75, 3.05) is 18.4 Å². The molecule has 15 aliphatic rings. The normalized spacial score (nSPS) is 46.8. The molecule has 12 heterocycles. The summed E-state index contributed by atoms with van der Waals surface area (Å²) in [7, 11) is 0. The zero-order valence-electron chi connectivity index (χ0n) is 41.6. The first kappa shape index (κ1) is 54.7. The maximum atomic E-state index is 13.7. The lowest BCUT2D eigenvalue weighted by Gasteiger charge is -2.57. The predicted octanol–water partition coefficient (Wildman–Crippen LogP) is 11.8. The first-order valence-corrected chi connectivity index (χ1v) is 26.6. The van der Waals surface area contributed by atoms with Gasteiger partial charge in [0, 0.05) is 71.6 Å². The number of ether oxygens (including phenoxy) is 6. The van der Waals surface area contributed by atoms with Crippen molar-refractivity contribution in [3.05, 3.63) is 44.4 Å². The topological polar surface area (TPSA) is 186 Å². The van der Waals surface area contributed by atoms with Gasteiger partial charge in [0.15, 0.2) is 16.8 Å². The van der Waals surface area contributed by atoms with Crippen molar-refractivity contribution in [3.8, 4) is 0 Å². The molecule has 0 amide bonds. The van der Waals surface area contributed by atoms with Crippen LogP contribution in [-0.4, -0.2) is 90.0 Å². The van der Waals surface area contributed by atoms with Crippen LogP contribution in [0.5, 0.6) is 0 Å².